The number of rotatable bonds is 9. The molecule has 0 aliphatic carbocycles. The van der Waals surface area contributed by atoms with E-state index >= 15 is 0 Å². The SMILES string of the molecule is CCC(C)C1NC(CC)N(CCCCCOC)C1=O. The van der Waals surface area contributed by atoms with Crippen LogP contribution in [0.1, 0.15) is 52.9 Å². The Morgan fingerprint density at radius 1 is 1.32 bits per heavy atom. The van der Waals surface area contributed by atoms with Crippen LogP contribution < -0.4 is 5.32 Å². The van der Waals surface area contributed by atoms with Gasteiger partial charge >= 0.3 is 0 Å². The largest absolute Gasteiger partial charge is 0.385 e. The summed E-state index contributed by atoms with van der Waals surface area (Å²) in [6, 6.07) is 0.0222. The second-order valence-corrected chi connectivity index (χ2v) is 5.54. The number of hydrogen-bond acceptors (Lipinski definition) is 3. The molecule has 1 fully saturated rings. The summed E-state index contributed by atoms with van der Waals surface area (Å²) in [4.78, 5) is 14.5. The fraction of sp³-hybridized carbons (Fsp3) is 0.933. The minimum absolute atomic E-state index is 0.0222. The Morgan fingerprint density at radius 2 is 2.05 bits per heavy atom. The molecule has 0 spiro atoms. The van der Waals surface area contributed by atoms with Gasteiger partial charge in [0.2, 0.25) is 5.91 Å². The van der Waals surface area contributed by atoms with E-state index in [1.807, 2.05) is 4.90 Å². The summed E-state index contributed by atoms with van der Waals surface area (Å²) < 4.78 is 5.05. The molecule has 0 radical (unpaired) electrons. The van der Waals surface area contributed by atoms with Gasteiger partial charge in [0.25, 0.3) is 0 Å². The van der Waals surface area contributed by atoms with E-state index in [1.165, 1.54) is 0 Å². The summed E-state index contributed by atoms with van der Waals surface area (Å²) >= 11 is 0. The molecule has 3 unspecified atom stereocenters. The first kappa shape index (κ1) is 16.4. The Balaban J connectivity index is 2.44. The molecular formula is C15H30N2O2. The van der Waals surface area contributed by atoms with Crippen LogP contribution in [-0.4, -0.2) is 43.3 Å². The molecule has 1 N–H and O–H groups in total. The smallest absolute Gasteiger partial charge is 0.241 e. The summed E-state index contributed by atoms with van der Waals surface area (Å²) in [5.41, 5.74) is 0. The predicted molar refractivity (Wildman–Crippen MR) is 77.9 cm³/mol. The lowest BCUT2D eigenvalue weighted by atomic mass is 9.99. The third-order valence-corrected chi connectivity index (χ3v) is 4.14. The number of ether oxygens (including phenoxy) is 1. The highest BCUT2D eigenvalue weighted by molar-refractivity contribution is 5.84. The van der Waals surface area contributed by atoms with Crippen LogP contribution in [0.25, 0.3) is 0 Å². The van der Waals surface area contributed by atoms with Gasteiger partial charge in [-0.05, 0) is 31.6 Å². The van der Waals surface area contributed by atoms with Crippen LogP contribution in [0.2, 0.25) is 0 Å². The molecule has 4 nitrogen and oxygen atoms in total. The topological polar surface area (TPSA) is 41.6 Å². The zero-order chi connectivity index (χ0) is 14.3. The average Bonchev–Trinajstić information content (AvgIpc) is 2.74. The second kappa shape index (κ2) is 8.54. The maximum Gasteiger partial charge on any atom is 0.241 e. The first-order valence-electron chi connectivity index (χ1n) is 7.71. The Morgan fingerprint density at radius 3 is 2.63 bits per heavy atom. The molecule has 0 aromatic heterocycles. The van der Waals surface area contributed by atoms with Gasteiger partial charge < -0.3 is 9.64 Å². The minimum Gasteiger partial charge on any atom is -0.385 e. The Kier molecular flexibility index (Phi) is 7.39. The molecule has 0 saturated carbocycles. The molecule has 0 aromatic carbocycles. The number of carbonyl (C=O) groups is 1. The molecule has 4 heteroatoms. The van der Waals surface area contributed by atoms with Crippen molar-refractivity contribution in [1.29, 1.82) is 0 Å². The average molecular weight is 270 g/mol. The molecule has 19 heavy (non-hydrogen) atoms. The third kappa shape index (κ3) is 4.46. The lowest BCUT2D eigenvalue weighted by Crippen LogP contribution is -2.37. The third-order valence-electron chi connectivity index (χ3n) is 4.14. The Labute approximate surface area is 117 Å². The molecule has 1 amide bonds. The highest BCUT2D eigenvalue weighted by atomic mass is 16.5. The van der Waals surface area contributed by atoms with Crippen LogP contribution in [0.3, 0.4) is 0 Å². The molecule has 0 bridgehead atoms. The predicted octanol–water partition coefficient (Wildman–Crippen LogP) is 2.39. The first-order valence-corrected chi connectivity index (χ1v) is 7.71. The Bertz CT molecular complexity index is 271. The van der Waals surface area contributed by atoms with E-state index in [4.69, 9.17) is 4.74 Å². The van der Waals surface area contributed by atoms with Gasteiger partial charge in [0, 0.05) is 20.3 Å². The van der Waals surface area contributed by atoms with Crippen LogP contribution in [0.15, 0.2) is 0 Å². The van der Waals surface area contributed by atoms with Crippen molar-refractivity contribution in [3.05, 3.63) is 0 Å². The van der Waals surface area contributed by atoms with Gasteiger partial charge in [-0.1, -0.05) is 27.2 Å². The highest BCUT2D eigenvalue weighted by Crippen LogP contribution is 2.21. The van der Waals surface area contributed by atoms with E-state index in [9.17, 15) is 4.79 Å². The standard InChI is InChI=1S/C15H30N2O2/c1-5-12(3)14-15(18)17(13(6-2)16-14)10-8-7-9-11-19-4/h12-14,16H,5-11H2,1-4H3. The maximum absolute atomic E-state index is 12.4. The Hall–Kier alpha value is -0.610. The van der Waals surface area contributed by atoms with Crippen molar-refractivity contribution in [3.8, 4) is 0 Å². The normalized spacial score (nSPS) is 25.1. The number of nitrogens with one attached hydrogen (secondary N) is 1. The monoisotopic (exact) mass is 270 g/mol. The summed E-state index contributed by atoms with van der Waals surface area (Å²) in [6.45, 7) is 8.14. The van der Waals surface area contributed by atoms with Gasteiger partial charge in [-0.2, -0.15) is 0 Å². The van der Waals surface area contributed by atoms with E-state index < -0.39 is 0 Å². The summed E-state index contributed by atoms with van der Waals surface area (Å²) in [5.74, 6) is 0.716. The second-order valence-electron chi connectivity index (χ2n) is 5.54. The summed E-state index contributed by atoms with van der Waals surface area (Å²) in [6.07, 6.45) is 5.53. The van der Waals surface area contributed by atoms with Crippen molar-refractivity contribution < 1.29 is 9.53 Å². The molecule has 1 heterocycles. The molecule has 112 valence electrons. The molecule has 1 rings (SSSR count). The zero-order valence-corrected chi connectivity index (χ0v) is 12.9. The van der Waals surface area contributed by atoms with Crippen LogP contribution in [0, 0.1) is 5.92 Å². The van der Waals surface area contributed by atoms with Gasteiger partial charge in [-0.15, -0.1) is 0 Å². The number of carbonyl (C=O) groups excluding carboxylic acids is 1. The molecule has 1 saturated heterocycles. The summed E-state index contributed by atoms with van der Waals surface area (Å²) in [7, 11) is 1.73. The van der Waals surface area contributed by atoms with E-state index in [1.54, 1.807) is 7.11 Å². The molecule has 3 atom stereocenters. The minimum atomic E-state index is 0.0222. The van der Waals surface area contributed by atoms with Crippen molar-refractivity contribution in [2.24, 2.45) is 5.92 Å². The number of nitrogens with zero attached hydrogens (tertiary/aromatic N) is 1. The van der Waals surface area contributed by atoms with Gasteiger partial charge in [-0.25, -0.2) is 0 Å². The van der Waals surface area contributed by atoms with E-state index in [-0.39, 0.29) is 12.2 Å². The number of amides is 1. The van der Waals surface area contributed by atoms with E-state index in [0.717, 1.165) is 45.3 Å². The van der Waals surface area contributed by atoms with Crippen molar-refractivity contribution in [1.82, 2.24) is 10.2 Å². The zero-order valence-electron chi connectivity index (χ0n) is 12.9. The van der Waals surface area contributed by atoms with Gasteiger partial charge in [0.1, 0.15) is 0 Å². The van der Waals surface area contributed by atoms with Crippen molar-refractivity contribution in [2.75, 3.05) is 20.3 Å². The van der Waals surface area contributed by atoms with Gasteiger partial charge in [0.15, 0.2) is 0 Å². The van der Waals surface area contributed by atoms with Crippen LogP contribution in [0.5, 0.6) is 0 Å². The molecule has 1 aliphatic rings. The highest BCUT2D eigenvalue weighted by Gasteiger charge is 2.39. The fourth-order valence-electron chi connectivity index (χ4n) is 2.65. The van der Waals surface area contributed by atoms with Crippen LogP contribution >= 0.6 is 0 Å². The number of unbranched alkanes of at least 4 members (excludes halogenated alkanes) is 2. The van der Waals surface area contributed by atoms with Crippen LogP contribution in [0.4, 0.5) is 0 Å². The van der Waals surface area contributed by atoms with Gasteiger partial charge in [-0.3, -0.25) is 10.1 Å². The lowest BCUT2D eigenvalue weighted by Gasteiger charge is -2.23. The van der Waals surface area contributed by atoms with Crippen molar-refractivity contribution in [3.63, 3.8) is 0 Å². The first-order chi connectivity index (χ1) is 9.15. The fourth-order valence-corrected chi connectivity index (χ4v) is 2.65. The van der Waals surface area contributed by atoms with Crippen molar-refractivity contribution in [2.45, 2.75) is 65.1 Å². The van der Waals surface area contributed by atoms with Crippen molar-refractivity contribution >= 4 is 5.91 Å². The van der Waals surface area contributed by atoms with E-state index in [0.29, 0.717) is 11.8 Å². The maximum atomic E-state index is 12.4. The quantitative estimate of drug-likeness (QED) is 0.654. The van der Waals surface area contributed by atoms with Gasteiger partial charge in [0.05, 0.1) is 12.2 Å². The molecule has 1 aliphatic heterocycles. The molecule has 0 aromatic rings. The number of hydrogen-bond donors (Lipinski definition) is 1. The molecular weight excluding hydrogens is 240 g/mol. The summed E-state index contributed by atoms with van der Waals surface area (Å²) in [5, 5.41) is 3.49. The lowest BCUT2D eigenvalue weighted by molar-refractivity contribution is -0.131. The number of methoxy groups -OCH3 is 1. The van der Waals surface area contributed by atoms with Crippen LogP contribution in [-0.2, 0) is 9.53 Å². The van der Waals surface area contributed by atoms with E-state index in [2.05, 4.69) is 26.1 Å².